The summed E-state index contributed by atoms with van der Waals surface area (Å²) in [6.07, 6.45) is 0.367. The molecule has 3 aromatic rings. The lowest BCUT2D eigenvalue weighted by molar-refractivity contribution is -0.220. The van der Waals surface area contributed by atoms with Crippen LogP contribution in [-0.4, -0.2) is 30.9 Å². The summed E-state index contributed by atoms with van der Waals surface area (Å²) in [5, 5.41) is 18.0. The van der Waals surface area contributed by atoms with E-state index in [9.17, 15) is 4.79 Å². The number of nitriles is 1. The smallest absolute Gasteiger partial charge is 0.329 e. The lowest BCUT2D eigenvalue weighted by Gasteiger charge is -2.41. The summed E-state index contributed by atoms with van der Waals surface area (Å²) < 4.78 is 16.8. The lowest BCUT2D eigenvalue weighted by atomic mass is 9.91. The van der Waals surface area contributed by atoms with Crippen LogP contribution < -0.4 is 4.74 Å². The fourth-order valence-corrected chi connectivity index (χ4v) is 3.71. The molecule has 0 bridgehead atoms. The van der Waals surface area contributed by atoms with E-state index >= 15 is 0 Å². The molecule has 32 heavy (non-hydrogen) atoms. The van der Waals surface area contributed by atoms with Gasteiger partial charge >= 0.3 is 5.97 Å². The van der Waals surface area contributed by atoms with Crippen LogP contribution >= 0.6 is 0 Å². The molecule has 1 aliphatic heterocycles. The molecule has 162 valence electrons. The van der Waals surface area contributed by atoms with E-state index in [1.807, 2.05) is 66.7 Å². The van der Waals surface area contributed by atoms with E-state index in [1.54, 1.807) is 0 Å². The number of hydrogen-bond acceptors (Lipinski definition) is 5. The molecule has 1 N–H and O–H groups in total. The predicted molar refractivity (Wildman–Crippen MR) is 118 cm³/mol. The van der Waals surface area contributed by atoms with E-state index in [4.69, 9.17) is 24.6 Å². The largest absolute Gasteiger partial charge is 0.489 e. The highest BCUT2D eigenvalue weighted by molar-refractivity contribution is 5.68. The summed E-state index contributed by atoms with van der Waals surface area (Å²) >= 11 is 0. The standard InChI is InChI=1S/C26H23NO5/c27-13-12-20-5-1-2-7-24(20)21-6-3-4-19(14-21)15-31-23-10-8-22(9-11-23)26(17-30-18-26)32-16-25(28)29/h1-11,14H,12,15-18H2,(H,28,29). The van der Waals surface area contributed by atoms with Crippen LogP contribution in [0.1, 0.15) is 16.7 Å². The number of carboxylic acids is 1. The number of hydrogen-bond donors (Lipinski definition) is 1. The highest BCUT2D eigenvalue weighted by Crippen LogP contribution is 2.34. The minimum Gasteiger partial charge on any atom is -0.489 e. The molecular weight excluding hydrogens is 406 g/mol. The SMILES string of the molecule is N#CCc1ccccc1-c1cccc(COc2ccc(C3(OCC(=O)O)COC3)cc2)c1. The van der Waals surface area contributed by atoms with Crippen molar-refractivity contribution in [1.82, 2.24) is 0 Å². The molecule has 0 amide bonds. The molecule has 4 rings (SSSR count). The maximum atomic E-state index is 10.9. The Kier molecular flexibility index (Phi) is 6.50. The Balaban J connectivity index is 1.43. The number of aliphatic carboxylic acids is 1. The van der Waals surface area contributed by atoms with Crippen molar-refractivity contribution >= 4 is 5.97 Å². The van der Waals surface area contributed by atoms with Crippen molar-refractivity contribution in [3.63, 3.8) is 0 Å². The van der Waals surface area contributed by atoms with Gasteiger partial charge in [-0.05, 0) is 46.0 Å². The quantitative estimate of drug-likeness (QED) is 0.545. The molecule has 1 aliphatic rings. The van der Waals surface area contributed by atoms with Crippen LogP contribution in [0.2, 0.25) is 0 Å². The van der Waals surface area contributed by atoms with Crippen LogP contribution in [0.15, 0.2) is 72.8 Å². The van der Waals surface area contributed by atoms with Gasteiger partial charge in [-0.3, -0.25) is 0 Å². The van der Waals surface area contributed by atoms with Crippen molar-refractivity contribution < 1.29 is 24.1 Å². The lowest BCUT2D eigenvalue weighted by Crippen LogP contribution is -2.49. The Bertz CT molecular complexity index is 1130. The first kappa shape index (κ1) is 21.6. The van der Waals surface area contributed by atoms with E-state index < -0.39 is 11.6 Å². The van der Waals surface area contributed by atoms with Gasteiger partial charge in [-0.1, -0.05) is 54.6 Å². The molecule has 0 atom stereocenters. The number of nitrogens with zero attached hydrogens (tertiary/aromatic N) is 1. The molecule has 0 unspecified atom stereocenters. The third-order valence-electron chi connectivity index (χ3n) is 5.45. The second kappa shape index (κ2) is 9.65. The van der Waals surface area contributed by atoms with Gasteiger partial charge in [0.1, 0.15) is 24.6 Å². The second-order valence-electron chi connectivity index (χ2n) is 7.67. The number of carbonyl (C=O) groups is 1. The maximum Gasteiger partial charge on any atom is 0.329 e. The normalized spacial score (nSPS) is 14.2. The van der Waals surface area contributed by atoms with Gasteiger partial charge in [-0.2, -0.15) is 5.26 Å². The van der Waals surface area contributed by atoms with Gasteiger partial charge in [0.2, 0.25) is 0 Å². The number of carboxylic acid groups (broad SMARTS) is 1. The van der Waals surface area contributed by atoms with Crippen molar-refractivity contribution in [2.24, 2.45) is 0 Å². The van der Waals surface area contributed by atoms with Crippen LogP contribution in [-0.2, 0) is 32.9 Å². The molecule has 0 radical (unpaired) electrons. The zero-order valence-corrected chi connectivity index (χ0v) is 17.5. The summed E-state index contributed by atoms with van der Waals surface area (Å²) in [6, 6.07) is 25.7. The zero-order chi connectivity index (χ0) is 22.4. The first-order valence-corrected chi connectivity index (χ1v) is 10.3. The molecule has 1 heterocycles. The molecule has 6 nitrogen and oxygen atoms in total. The first-order chi connectivity index (χ1) is 15.6. The average Bonchev–Trinajstić information content (AvgIpc) is 2.78. The van der Waals surface area contributed by atoms with Gasteiger partial charge in [-0.25, -0.2) is 4.79 Å². The van der Waals surface area contributed by atoms with E-state index in [2.05, 4.69) is 12.1 Å². The second-order valence-corrected chi connectivity index (χ2v) is 7.67. The zero-order valence-electron chi connectivity index (χ0n) is 17.5. The van der Waals surface area contributed by atoms with Crippen molar-refractivity contribution in [2.45, 2.75) is 18.6 Å². The van der Waals surface area contributed by atoms with Gasteiger partial charge in [0.25, 0.3) is 0 Å². The van der Waals surface area contributed by atoms with Crippen LogP contribution in [0, 0.1) is 11.3 Å². The Morgan fingerprint density at radius 1 is 1.06 bits per heavy atom. The Morgan fingerprint density at radius 3 is 2.53 bits per heavy atom. The summed E-state index contributed by atoms with van der Waals surface area (Å²) in [6.45, 7) is 0.702. The van der Waals surface area contributed by atoms with Gasteiger partial charge < -0.3 is 19.3 Å². The summed E-state index contributed by atoms with van der Waals surface area (Å²) in [5.74, 6) is -0.300. The third-order valence-corrected chi connectivity index (χ3v) is 5.45. The highest BCUT2D eigenvalue weighted by Gasteiger charge is 2.42. The monoisotopic (exact) mass is 429 g/mol. The minimum absolute atomic E-state index is 0.334. The average molecular weight is 429 g/mol. The van der Waals surface area contributed by atoms with Crippen molar-refractivity contribution in [3.8, 4) is 22.9 Å². The molecule has 0 aliphatic carbocycles. The van der Waals surface area contributed by atoms with Gasteiger partial charge in [0.05, 0.1) is 25.7 Å². The molecule has 0 spiro atoms. The Hall–Kier alpha value is -3.66. The predicted octanol–water partition coefficient (Wildman–Crippen LogP) is 4.33. The van der Waals surface area contributed by atoms with Crippen molar-refractivity contribution in [1.29, 1.82) is 5.26 Å². The van der Waals surface area contributed by atoms with E-state index in [1.165, 1.54) is 0 Å². The fourth-order valence-electron chi connectivity index (χ4n) is 3.71. The van der Waals surface area contributed by atoms with Gasteiger partial charge in [-0.15, -0.1) is 0 Å². The molecule has 0 saturated carbocycles. The fraction of sp³-hybridized carbons (Fsp3) is 0.231. The van der Waals surface area contributed by atoms with E-state index in [0.29, 0.717) is 32.0 Å². The molecule has 0 aromatic heterocycles. The molecule has 1 saturated heterocycles. The van der Waals surface area contributed by atoms with E-state index in [0.717, 1.165) is 27.8 Å². The number of benzene rings is 3. The summed E-state index contributed by atoms with van der Waals surface area (Å²) in [7, 11) is 0. The van der Waals surface area contributed by atoms with Crippen LogP contribution in [0.3, 0.4) is 0 Å². The van der Waals surface area contributed by atoms with Gasteiger partial charge in [0.15, 0.2) is 0 Å². The van der Waals surface area contributed by atoms with Crippen molar-refractivity contribution in [2.75, 3.05) is 19.8 Å². The topological polar surface area (TPSA) is 88.8 Å². The van der Waals surface area contributed by atoms with Crippen molar-refractivity contribution in [3.05, 3.63) is 89.5 Å². The Morgan fingerprint density at radius 2 is 1.84 bits per heavy atom. The van der Waals surface area contributed by atoms with Gasteiger partial charge in [0, 0.05) is 0 Å². The summed E-state index contributed by atoms with van der Waals surface area (Å²) in [4.78, 5) is 10.9. The highest BCUT2D eigenvalue weighted by atomic mass is 16.6. The molecular formula is C26H23NO5. The van der Waals surface area contributed by atoms with Crippen LogP contribution in [0.5, 0.6) is 5.75 Å². The molecule has 3 aromatic carbocycles. The minimum atomic E-state index is -1.01. The summed E-state index contributed by atoms with van der Waals surface area (Å²) in [5.41, 5.74) is 4.29. The maximum absolute atomic E-state index is 10.9. The third kappa shape index (κ3) is 4.80. The van der Waals surface area contributed by atoms with Crippen LogP contribution in [0.25, 0.3) is 11.1 Å². The number of rotatable bonds is 9. The van der Waals surface area contributed by atoms with E-state index in [-0.39, 0.29) is 6.61 Å². The molecule has 1 fully saturated rings. The number of ether oxygens (including phenoxy) is 3. The Labute approximate surface area is 186 Å². The first-order valence-electron chi connectivity index (χ1n) is 10.3. The van der Waals surface area contributed by atoms with Crippen LogP contribution in [0.4, 0.5) is 0 Å². The molecule has 6 heteroatoms.